The summed E-state index contributed by atoms with van der Waals surface area (Å²) in [6, 6.07) is 2.58. The standard InChI is InChI=1S/C15H24N4O/c1-4-7-15-17-14(18-20-15)11-19-9-8-12(10-19)13(5-2)16-6-3/h8-10,13,16H,4-7,11H2,1-3H3. The number of hydrogen-bond acceptors (Lipinski definition) is 4. The van der Waals surface area contributed by atoms with Crippen molar-refractivity contribution in [3.05, 3.63) is 35.7 Å². The van der Waals surface area contributed by atoms with Gasteiger partial charge >= 0.3 is 0 Å². The molecule has 0 amide bonds. The molecule has 0 aliphatic rings. The maximum absolute atomic E-state index is 5.20. The largest absolute Gasteiger partial charge is 0.346 e. The van der Waals surface area contributed by atoms with E-state index in [-0.39, 0.29) is 0 Å². The zero-order chi connectivity index (χ0) is 14.4. The third kappa shape index (κ3) is 3.70. The Morgan fingerprint density at radius 3 is 2.90 bits per heavy atom. The van der Waals surface area contributed by atoms with Crippen LogP contribution in [0.4, 0.5) is 0 Å². The van der Waals surface area contributed by atoms with Crippen molar-refractivity contribution in [2.24, 2.45) is 0 Å². The molecule has 0 radical (unpaired) electrons. The molecule has 0 aliphatic carbocycles. The summed E-state index contributed by atoms with van der Waals surface area (Å²) in [5.41, 5.74) is 1.31. The fourth-order valence-electron chi connectivity index (χ4n) is 2.34. The molecule has 1 N–H and O–H groups in total. The van der Waals surface area contributed by atoms with Crippen LogP contribution in [0, 0.1) is 0 Å². The molecule has 0 bridgehead atoms. The van der Waals surface area contributed by atoms with Crippen LogP contribution in [-0.4, -0.2) is 21.3 Å². The zero-order valence-corrected chi connectivity index (χ0v) is 12.6. The van der Waals surface area contributed by atoms with Gasteiger partial charge in [-0.1, -0.05) is 25.9 Å². The molecule has 2 rings (SSSR count). The maximum atomic E-state index is 5.20. The highest BCUT2D eigenvalue weighted by Gasteiger charge is 2.10. The van der Waals surface area contributed by atoms with Gasteiger partial charge in [-0.2, -0.15) is 4.98 Å². The van der Waals surface area contributed by atoms with E-state index >= 15 is 0 Å². The number of nitrogens with zero attached hydrogens (tertiary/aromatic N) is 3. The van der Waals surface area contributed by atoms with E-state index in [4.69, 9.17) is 4.52 Å². The van der Waals surface area contributed by atoms with Crippen LogP contribution < -0.4 is 5.32 Å². The van der Waals surface area contributed by atoms with Crippen LogP contribution in [0.3, 0.4) is 0 Å². The average molecular weight is 276 g/mol. The molecule has 20 heavy (non-hydrogen) atoms. The summed E-state index contributed by atoms with van der Waals surface area (Å²) in [6.07, 6.45) is 7.19. The smallest absolute Gasteiger partial charge is 0.226 e. The molecule has 0 aliphatic heterocycles. The van der Waals surface area contributed by atoms with Crippen LogP contribution in [0.2, 0.25) is 0 Å². The number of hydrogen-bond donors (Lipinski definition) is 1. The number of nitrogens with one attached hydrogen (secondary N) is 1. The summed E-state index contributed by atoms with van der Waals surface area (Å²) in [5, 5.41) is 7.50. The van der Waals surface area contributed by atoms with Crippen molar-refractivity contribution in [2.75, 3.05) is 6.54 Å². The second-order valence-electron chi connectivity index (χ2n) is 4.99. The molecular weight excluding hydrogens is 252 g/mol. The number of rotatable bonds is 8. The molecular formula is C15H24N4O. The Labute approximate surface area is 120 Å². The lowest BCUT2D eigenvalue weighted by Gasteiger charge is -2.13. The first-order valence-electron chi connectivity index (χ1n) is 7.47. The SMILES string of the molecule is CCCc1nc(Cn2ccc(C(CC)NCC)c2)no1. The molecule has 2 aromatic heterocycles. The van der Waals surface area contributed by atoms with Gasteiger partial charge in [-0.25, -0.2) is 0 Å². The monoisotopic (exact) mass is 276 g/mol. The van der Waals surface area contributed by atoms with E-state index in [0.29, 0.717) is 12.6 Å². The number of aryl methyl sites for hydroxylation is 1. The third-order valence-corrected chi connectivity index (χ3v) is 3.33. The molecule has 0 aromatic carbocycles. The fourth-order valence-corrected chi connectivity index (χ4v) is 2.34. The first kappa shape index (κ1) is 14.8. The quantitative estimate of drug-likeness (QED) is 0.805. The first-order valence-corrected chi connectivity index (χ1v) is 7.47. The van der Waals surface area contributed by atoms with Crippen LogP contribution in [0.5, 0.6) is 0 Å². The summed E-state index contributed by atoms with van der Waals surface area (Å²) < 4.78 is 7.31. The van der Waals surface area contributed by atoms with Crippen LogP contribution in [-0.2, 0) is 13.0 Å². The van der Waals surface area contributed by atoms with E-state index in [1.165, 1.54) is 5.56 Å². The normalized spacial score (nSPS) is 12.8. The van der Waals surface area contributed by atoms with E-state index in [1.54, 1.807) is 0 Å². The minimum absolute atomic E-state index is 0.419. The van der Waals surface area contributed by atoms with Crippen LogP contribution >= 0.6 is 0 Å². The molecule has 0 spiro atoms. The Kier molecular flexibility index (Phi) is 5.35. The Balaban J connectivity index is 2.01. The second kappa shape index (κ2) is 7.24. The molecule has 5 heteroatoms. The van der Waals surface area contributed by atoms with Crippen molar-refractivity contribution in [1.29, 1.82) is 0 Å². The molecule has 1 atom stereocenters. The van der Waals surface area contributed by atoms with Crippen molar-refractivity contribution < 1.29 is 4.52 Å². The summed E-state index contributed by atoms with van der Waals surface area (Å²) in [6.45, 7) is 8.08. The number of aromatic nitrogens is 3. The highest BCUT2D eigenvalue weighted by Crippen LogP contribution is 2.17. The third-order valence-electron chi connectivity index (χ3n) is 3.33. The van der Waals surface area contributed by atoms with Crippen molar-refractivity contribution in [3.8, 4) is 0 Å². The summed E-state index contributed by atoms with van der Waals surface area (Å²) >= 11 is 0. The summed E-state index contributed by atoms with van der Waals surface area (Å²) in [4.78, 5) is 4.39. The molecule has 0 saturated heterocycles. The van der Waals surface area contributed by atoms with E-state index in [9.17, 15) is 0 Å². The van der Waals surface area contributed by atoms with Gasteiger partial charge in [0.25, 0.3) is 0 Å². The maximum Gasteiger partial charge on any atom is 0.226 e. The molecule has 0 saturated carbocycles. The van der Waals surface area contributed by atoms with Crippen molar-refractivity contribution in [3.63, 3.8) is 0 Å². The van der Waals surface area contributed by atoms with Crippen LogP contribution in [0.15, 0.2) is 23.0 Å². The van der Waals surface area contributed by atoms with E-state index in [1.807, 2.05) is 0 Å². The minimum atomic E-state index is 0.419. The summed E-state index contributed by atoms with van der Waals surface area (Å²) in [7, 11) is 0. The van der Waals surface area contributed by atoms with Gasteiger partial charge in [-0.15, -0.1) is 0 Å². The highest BCUT2D eigenvalue weighted by molar-refractivity contribution is 5.16. The first-order chi connectivity index (χ1) is 9.76. The van der Waals surface area contributed by atoms with E-state index in [0.717, 1.165) is 37.5 Å². The Morgan fingerprint density at radius 2 is 2.20 bits per heavy atom. The molecule has 5 nitrogen and oxygen atoms in total. The molecule has 2 aromatic rings. The van der Waals surface area contributed by atoms with Crippen molar-refractivity contribution in [2.45, 2.75) is 52.6 Å². The Hall–Kier alpha value is -1.62. The molecule has 1 unspecified atom stereocenters. The van der Waals surface area contributed by atoms with Gasteiger partial charge < -0.3 is 14.4 Å². The predicted molar refractivity (Wildman–Crippen MR) is 78.5 cm³/mol. The average Bonchev–Trinajstić information content (AvgIpc) is 3.07. The van der Waals surface area contributed by atoms with Gasteiger partial charge in [0.1, 0.15) is 0 Å². The topological polar surface area (TPSA) is 55.9 Å². The molecule has 2 heterocycles. The Morgan fingerprint density at radius 1 is 1.35 bits per heavy atom. The van der Waals surface area contributed by atoms with E-state index < -0.39 is 0 Å². The second-order valence-corrected chi connectivity index (χ2v) is 4.99. The van der Waals surface area contributed by atoms with Gasteiger partial charge in [0.2, 0.25) is 5.89 Å². The minimum Gasteiger partial charge on any atom is -0.346 e. The van der Waals surface area contributed by atoms with Gasteiger partial charge in [0.15, 0.2) is 5.82 Å². The zero-order valence-electron chi connectivity index (χ0n) is 12.6. The highest BCUT2D eigenvalue weighted by atomic mass is 16.5. The van der Waals surface area contributed by atoms with Gasteiger partial charge in [0, 0.05) is 24.9 Å². The lowest BCUT2D eigenvalue weighted by molar-refractivity contribution is 0.371. The van der Waals surface area contributed by atoms with E-state index in [2.05, 4.69) is 59.3 Å². The van der Waals surface area contributed by atoms with Gasteiger partial charge in [-0.05, 0) is 31.0 Å². The van der Waals surface area contributed by atoms with Crippen molar-refractivity contribution in [1.82, 2.24) is 20.0 Å². The van der Waals surface area contributed by atoms with Gasteiger partial charge in [-0.3, -0.25) is 0 Å². The fraction of sp³-hybridized carbons (Fsp3) is 0.600. The summed E-state index contributed by atoms with van der Waals surface area (Å²) in [5.74, 6) is 1.47. The van der Waals surface area contributed by atoms with Gasteiger partial charge in [0.05, 0.1) is 6.54 Å². The van der Waals surface area contributed by atoms with Crippen LogP contribution in [0.1, 0.15) is 56.9 Å². The predicted octanol–water partition coefficient (Wildman–Crippen LogP) is 2.93. The molecule has 0 fully saturated rings. The Bertz CT molecular complexity index is 517. The lowest BCUT2D eigenvalue weighted by Crippen LogP contribution is -2.19. The van der Waals surface area contributed by atoms with Crippen LogP contribution in [0.25, 0.3) is 0 Å². The molecule has 110 valence electrons. The lowest BCUT2D eigenvalue weighted by atomic mass is 10.1. The van der Waals surface area contributed by atoms with Crippen molar-refractivity contribution >= 4 is 0 Å².